The Bertz CT molecular complexity index is 1150. The van der Waals surface area contributed by atoms with Gasteiger partial charge in [-0.25, -0.2) is 4.39 Å². The first-order valence-corrected chi connectivity index (χ1v) is 10.7. The third-order valence-corrected chi connectivity index (χ3v) is 6.60. The van der Waals surface area contributed by atoms with Gasteiger partial charge in [0.25, 0.3) is 11.8 Å². The van der Waals surface area contributed by atoms with E-state index in [1.54, 1.807) is 28.5 Å². The van der Waals surface area contributed by atoms with Crippen molar-refractivity contribution in [3.8, 4) is 5.75 Å². The molecule has 1 saturated carbocycles. The van der Waals surface area contributed by atoms with Crippen molar-refractivity contribution in [2.45, 2.75) is 57.1 Å². The summed E-state index contributed by atoms with van der Waals surface area (Å²) in [6.45, 7) is 2.06. The molecule has 2 aromatic rings. The number of amides is 2. The van der Waals surface area contributed by atoms with E-state index in [1.807, 2.05) is 0 Å². The first-order valence-electron chi connectivity index (χ1n) is 10.7. The number of aromatic nitrogens is 1. The van der Waals surface area contributed by atoms with E-state index in [-0.39, 0.29) is 40.9 Å². The third kappa shape index (κ3) is 3.28. The minimum atomic E-state index is -0.642. The van der Waals surface area contributed by atoms with Crippen LogP contribution >= 0.6 is 0 Å². The van der Waals surface area contributed by atoms with Crippen LogP contribution in [0.1, 0.15) is 58.6 Å². The minimum Gasteiger partial charge on any atom is -0.491 e. The van der Waals surface area contributed by atoms with Gasteiger partial charge in [0.2, 0.25) is 5.43 Å². The third-order valence-electron chi connectivity index (χ3n) is 6.60. The van der Waals surface area contributed by atoms with E-state index in [0.717, 1.165) is 19.3 Å². The maximum absolute atomic E-state index is 13.3. The summed E-state index contributed by atoms with van der Waals surface area (Å²) < 4.78 is 26.2. The van der Waals surface area contributed by atoms with Gasteiger partial charge in [-0.2, -0.15) is 0 Å². The number of benzene rings is 1. The van der Waals surface area contributed by atoms with E-state index in [0.29, 0.717) is 12.1 Å². The molecule has 1 aliphatic carbocycles. The molecular weight excluding hydrogens is 417 g/mol. The smallest absolute Gasteiger partial charge is 0.276 e. The molecule has 32 heavy (non-hydrogen) atoms. The maximum Gasteiger partial charge on any atom is 0.276 e. The molecule has 2 bridgehead atoms. The highest BCUT2D eigenvalue weighted by Gasteiger charge is 2.47. The van der Waals surface area contributed by atoms with Gasteiger partial charge in [0, 0.05) is 12.2 Å². The van der Waals surface area contributed by atoms with Crippen LogP contribution in [-0.4, -0.2) is 46.8 Å². The van der Waals surface area contributed by atoms with Crippen LogP contribution in [0.2, 0.25) is 0 Å². The molecule has 0 unspecified atom stereocenters. The first-order chi connectivity index (χ1) is 15.4. The number of methoxy groups -OCH3 is 1. The van der Waals surface area contributed by atoms with Gasteiger partial charge in [-0.3, -0.25) is 14.4 Å². The van der Waals surface area contributed by atoms with Crippen LogP contribution in [0.3, 0.4) is 0 Å². The zero-order valence-electron chi connectivity index (χ0n) is 17.8. The molecule has 1 N–H and O–H groups in total. The molecular formula is C23H24FN3O5. The fourth-order valence-corrected chi connectivity index (χ4v) is 5.00. The van der Waals surface area contributed by atoms with Gasteiger partial charge in [0.05, 0.1) is 25.8 Å². The molecule has 1 saturated heterocycles. The molecule has 3 heterocycles. The Balaban J connectivity index is 1.48. The van der Waals surface area contributed by atoms with Crippen LogP contribution in [0.15, 0.2) is 35.3 Å². The average molecular weight is 441 g/mol. The van der Waals surface area contributed by atoms with Gasteiger partial charge in [0.15, 0.2) is 17.7 Å². The largest absolute Gasteiger partial charge is 0.491 e. The number of pyridine rings is 1. The lowest BCUT2D eigenvalue weighted by molar-refractivity contribution is -0.132. The van der Waals surface area contributed by atoms with E-state index >= 15 is 0 Å². The topological polar surface area (TPSA) is 89.9 Å². The van der Waals surface area contributed by atoms with Crippen molar-refractivity contribution < 1.29 is 23.5 Å². The van der Waals surface area contributed by atoms with E-state index in [2.05, 4.69) is 5.32 Å². The van der Waals surface area contributed by atoms with Crippen molar-refractivity contribution in [1.82, 2.24) is 14.8 Å². The number of halogens is 1. The van der Waals surface area contributed by atoms with Crippen molar-refractivity contribution in [2.75, 3.05) is 7.11 Å². The number of hydrogen-bond donors (Lipinski definition) is 1. The summed E-state index contributed by atoms with van der Waals surface area (Å²) in [5.74, 6) is -1.43. The molecule has 1 aromatic carbocycles. The predicted octanol–water partition coefficient (Wildman–Crippen LogP) is 2.22. The number of ether oxygens (including phenoxy) is 2. The second-order valence-corrected chi connectivity index (χ2v) is 8.54. The minimum absolute atomic E-state index is 0.0966. The predicted molar refractivity (Wildman–Crippen MR) is 112 cm³/mol. The van der Waals surface area contributed by atoms with Crippen molar-refractivity contribution in [1.29, 1.82) is 0 Å². The summed E-state index contributed by atoms with van der Waals surface area (Å²) in [5, 5.41) is 2.77. The second-order valence-electron chi connectivity index (χ2n) is 8.54. The standard InChI is InChI=1S/C23H24FN3O5/c1-12(13-3-5-14(24)6-4-13)25-22(29)17-10-26-11-18-27(15-7-8-16(9-15)32-18)23(30)19(26)21(31-2)20(17)28/h3-6,10,12,15-16,18H,7-9,11H2,1-2H3,(H,25,29)/t12-,15-,16+,18+/m0/s1. The highest BCUT2D eigenvalue weighted by molar-refractivity contribution is 5.99. The molecule has 4 atom stereocenters. The van der Waals surface area contributed by atoms with Gasteiger partial charge in [0.1, 0.15) is 11.4 Å². The fraction of sp³-hybridized carbons (Fsp3) is 0.435. The first kappa shape index (κ1) is 20.7. The van der Waals surface area contributed by atoms with E-state index in [1.165, 1.54) is 25.4 Å². The number of carbonyl (C=O) groups is 2. The van der Waals surface area contributed by atoms with Crippen LogP contribution in [-0.2, 0) is 11.3 Å². The van der Waals surface area contributed by atoms with E-state index in [9.17, 15) is 18.8 Å². The molecule has 1 aromatic heterocycles. The number of rotatable bonds is 4. The molecule has 3 aliphatic rings. The van der Waals surface area contributed by atoms with Crippen LogP contribution in [0, 0.1) is 5.82 Å². The maximum atomic E-state index is 13.3. The van der Waals surface area contributed by atoms with Gasteiger partial charge in [-0.05, 0) is 43.9 Å². The number of nitrogens with one attached hydrogen (secondary N) is 1. The number of fused-ring (bicyclic) bond motifs is 5. The van der Waals surface area contributed by atoms with Crippen molar-refractivity contribution in [3.05, 3.63) is 63.3 Å². The Hall–Kier alpha value is -3.20. The highest BCUT2D eigenvalue weighted by atomic mass is 19.1. The second kappa shape index (κ2) is 7.74. The average Bonchev–Trinajstić information content (AvgIpc) is 3.15. The quantitative estimate of drug-likeness (QED) is 0.786. The van der Waals surface area contributed by atoms with Gasteiger partial charge in [-0.15, -0.1) is 0 Å². The molecule has 0 spiro atoms. The fourth-order valence-electron chi connectivity index (χ4n) is 5.00. The Morgan fingerprint density at radius 1 is 1.25 bits per heavy atom. The summed E-state index contributed by atoms with van der Waals surface area (Å²) in [6, 6.07) is 5.40. The SMILES string of the molecule is COc1c2n(cc(C(=O)N[C@@H](C)c3ccc(F)cc3)c1=O)C[C@H]1O[C@@H]3CC[C@@H](C3)N1C2=O. The molecule has 2 aliphatic heterocycles. The van der Waals surface area contributed by atoms with E-state index < -0.39 is 23.6 Å². The number of nitrogens with zero attached hydrogens (tertiary/aromatic N) is 2. The summed E-state index contributed by atoms with van der Waals surface area (Å²) in [6.07, 6.45) is 3.70. The highest BCUT2D eigenvalue weighted by Crippen LogP contribution is 2.38. The lowest BCUT2D eigenvalue weighted by Gasteiger charge is -2.44. The lowest BCUT2D eigenvalue weighted by Crippen LogP contribution is -2.57. The van der Waals surface area contributed by atoms with Crippen LogP contribution in [0.5, 0.6) is 5.75 Å². The van der Waals surface area contributed by atoms with Crippen LogP contribution in [0.4, 0.5) is 4.39 Å². The molecule has 9 heteroatoms. The van der Waals surface area contributed by atoms with Crippen LogP contribution < -0.4 is 15.5 Å². The number of carbonyl (C=O) groups excluding carboxylic acids is 2. The van der Waals surface area contributed by atoms with Gasteiger partial charge in [-0.1, -0.05) is 12.1 Å². The summed E-state index contributed by atoms with van der Waals surface area (Å²) in [5.41, 5.74) is 0.0729. The summed E-state index contributed by atoms with van der Waals surface area (Å²) >= 11 is 0. The summed E-state index contributed by atoms with van der Waals surface area (Å²) in [4.78, 5) is 41.1. The van der Waals surface area contributed by atoms with Crippen LogP contribution in [0.25, 0.3) is 0 Å². The Labute approximate surface area is 183 Å². The Morgan fingerprint density at radius 2 is 2.00 bits per heavy atom. The van der Waals surface area contributed by atoms with E-state index in [4.69, 9.17) is 9.47 Å². The molecule has 0 radical (unpaired) electrons. The number of hydrogen-bond acceptors (Lipinski definition) is 5. The molecule has 8 nitrogen and oxygen atoms in total. The monoisotopic (exact) mass is 441 g/mol. The Kier molecular flexibility index (Phi) is 5.00. The van der Waals surface area contributed by atoms with Gasteiger partial charge >= 0.3 is 0 Å². The molecule has 168 valence electrons. The van der Waals surface area contributed by atoms with Crippen molar-refractivity contribution in [3.63, 3.8) is 0 Å². The van der Waals surface area contributed by atoms with Gasteiger partial charge < -0.3 is 24.3 Å². The molecule has 5 rings (SSSR count). The lowest BCUT2D eigenvalue weighted by atomic mass is 10.1. The normalized spacial score (nSPS) is 24.5. The summed E-state index contributed by atoms with van der Waals surface area (Å²) in [7, 11) is 1.32. The molecule has 2 fully saturated rings. The molecule has 2 amide bonds. The van der Waals surface area contributed by atoms with Crippen molar-refractivity contribution >= 4 is 11.8 Å². The van der Waals surface area contributed by atoms with Crippen molar-refractivity contribution in [2.24, 2.45) is 0 Å². The zero-order chi connectivity index (χ0) is 22.6. The zero-order valence-corrected chi connectivity index (χ0v) is 17.8. The Morgan fingerprint density at radius 3 is 2.72 bits per heavy atom.